The Morgan fingerprint density at radius 1 is 1.20 bits per heavy atom. The fourth-order valence-electron chi connectivity index (χ4n) is 2.85. The van der Waals surface area contributed by atoms with Crippen molar-refractivity contribution in [2.75, 3.05) is 0 Å². The van der Waals surface area contributed by atoms with Crippen LogP contribution in [0.5, 0.6) is 0 Å². The first kappa shape index (κ1) is 6.69. The molecule has 2 atom stereocenters. The zero-order valence-corrected chi connectivity index (χ0v) is 7.30. The molecule has 0 aromatic heterocycles. The summed E-state index contributed by atoms with van der Waals surface area (Å²) in [4.78, 5) is 0. The summed E-state index contributed by atoms with van der Waals surface area (Å²) in [5, 5.41) is 0. The van der Waals surface area contributed by atoms with Gasteiger partial charge in [-0.15, -0.1) is 0 Å². The van der Waals surface area contributed by atoms with Crippen LogP contribution in [0.4, 0.5) is 0 Å². The van der Waals surface area contributed by atoms with Gasteiger partial charge in [0.05, 0.1) is 0 Å². The Kier molecular flexibility index (Phi) is 1.33. The monoisotopic (exact) mass is 138 g/mol. The van der Waals surface area contributed by atoms with Crippen LogP contribution >= 0.6 is 0 Å². The summed E-state index contributed by atoms with van der Waals surface area (Å²) in [6.07, 6.45) is 2.92. The highest BCUT2D eigenvalue weighted by molar-refractivity contribution is 5.19. The molecule has 0 N–H and O–H groups in total. The second-order valence-corrected chi connectivity index (χ2v) is 4.43. The number of rotatable bonds is 3. The van der Waals surface area contributed by atoms with Crippen LogP contribution in [0, 0.1) is 29.6 Å². The minimum Gasteiger partial charge on any atom is -0.0654 e. The minimum atomic E-state index is 0.975. The predicted molar refractivity (Wildman–Crippen MR) is 43.7 cm³/mol. The quantitative estimate of drug-likeness (QED) is 0.562. The summed E-state index contributed by atoms with van der Waals surface area (Å²) < 4.78 is 0. The molecule has 0 aromatic rings. The van der Waals surface area contributed by atoms with Crippen LogP contribution in [0.25, 0.3) is 0 Å². The van der Waals surface area contributed by atoms with Crippen LogP contribution in [0.3, 0.4) is 0 Å². The van der Waals surface area contributed by atoms with Gasteiger partial charge < -0.3 is 0 Å². The predicted octanol–water partition coefficient (Wildman–Crippen LogP) is 2.93. The molecule has 2 aliphatic rings. The minimum absolute atomic E-state index is 0.975. The summed E-state index contributed by atoms with van der Waals surface area (Å²) in [5.74, 6) is 5.69. The van der Waals surface area contributed by atoms with Crippen LogP contribution < -0.4 is 0 Å². The molecular weight excluding hydrogens is 120 g/mol. The molecule has 2 aliphatic carbocycles. The van der Waals surface area contributed by atoms with E-state index in [1.165, 1.54) is 30.6 Å². The summed E-state index contributed by atoms with van der Waals surface area (Å²) >= 11 is 0. The molecule has 0 aromatic carbocycles. The van der Waals surface area contributed by atoms with E-state index in [0.29, 0.717) is 0 Å². The van der Waals surface area contributed by atoms with Gasteiger partial charge in [-0.05, 0) is 29.6 Å². The number of fused-ring (bicyclic) bond motifs is 1. The highest BCUT2D eigenvalue weighted by Gasteiger charge is 2.72. The van der Waals surface area contributed by atoms with Gasteiger partial charge in [-0.3, -0.25) is 0 Å². The van der Waals surface area contributed by atoms with Gasteiger partial charge in [0.25, 0.3) is 0 Å². The molecule has 0 saturated heterocycles. The van der Waals surface area contributed by atoms with Crippen LogP contribution in [0.15, 0.2) is 0 Å². The van der Waals surface area contributed by atoms with Crippen molar-refractivity contribution < 1.29 is 0 Å². The van der Waals surface area contributed by atoms with Gasteiger partial charge in [-0.1, -0.05) is 33.6 Å². The Bertz CT molecular complexity index is 127. The lowest BCUT2D eigenvalue weighted by molar-refractivity contribution is 0.361. The van der Waals surface area contributed by atoms with E-state index in [1.807, 2.05) is 0 Å². The first-order valence-electron chi connectivity index (χ1n) is 4.77. The van der Waals surface area contributed by atoms with E-state index in [4.69, 9.17) is 0 Å². The third-order valence-electron chi connectivity index (χ3n) is 3.43. The van der Waals surface area contributed by atoms with Crippen molar-refractivity contribution in [1.29, 1.82) is 0 Å². The Labute approximate surface area is 64.0 Å². The molecule has 0 spiro atoms. The average Bonchev–Trinajstić information content (AvgIpc) is 2.65. The second-order valence-electron chi connectivity index (χ2n) is 4.43. The van der Waals surface area contributed by atoms with Gasteiger partial charge >= 0.3 is 0 Å². The Morgan fingerprint density at radius 2 is 1.80 bits per heavy atom. The van der Waals surface area contributed by atoms with Crippen LogP contribution in [0.1, 0.15) is 33.6 Å². The van der Waals surface area contributed by atoms with Gasteiger partial charge in [0.2, 0.25) is 0 Å². The molecule has 0 nitrogen and oxygen atoms in total. The molecule has 0 radical (unpaired) electrons. The van der Waals surface area contributed by atoms with Gasteiger partial charge in [0.1, 0.15) is 0 Å². The van der Waals surface area contributed by atoms with Crippen molar-refractivity contribution in [2.45, 2.75) is 33.6 Å². The van der Waals surface area contributed by atoms with Crippen LogP contribution in [-0.4, -0.2) is 0 Å². The molecular formula is C10H18. The van der Waals surface area contributed by atoms with Crippen molar-refractivity contribution in [3.63, 3.8) is 0 Å². The molecule has 2 saturated carbocycles. The highest BCUT2D eigenvalue weighted by atomic mass is 14.8. The highest BCUT2D eigenvalue weighted by Crippen LogP contribution is 2.76. The first-order chi connectivity index (χ1) is 4.77. The Hall–Kier alpha value is 0. The molecule has 0 amide bonds. The van der Waals surface area contributed by atoms with Crippen molar-refractivity contribution in [1.82, 2.24) is 0 Å². The summed E-state index contributed by atoms with van der Waals surface area (Å²) in [6.45, 7) is 7.06. The maximum absolute atomic E-state index is 2.37. The van der Waals surface area contributed by atoms with Crippen molar-refractivity contribution in [2.24, 2.45) is 29.6 Å². The van der Waals surface area contributed by atoms with Gasteiger partial charge in [-0.2, -0.15) is 0 Å². The SMILES string of the molecule is CCCC1C2C(C(C)C)C12. The summed E-state index contributed by atoms with van der Waals surface area (Å²) in [6, 6.07) is 0. The van der Waals surface area contributed by atoms with E-state index in [1.54, 1.807) is 0 Å². The molecule has 0 heterocycles. The maximum atomic E-state index is 2.37. The Balaban J connectivity index is 1.71. The van der Waals surface area contributed by atoms with Crippen molar-refractivity contribution in [3.05, 3.63) is 0 Å². The summed E-state index contributed by atoms with van der Waals surface area (Å²) in [7, 11) is 0. The van der Waals surface area contributed by atoms with E-state index in [0.717, 1.165) is 11.8 Å². The smallest absolute Gasteiger partial charge is 0.0315 e. The fourth-order valence-corrected chi connectivity index (χ4v) is 2.85. The lowest BCUT2D eigenvalue weighted by atomic mass is 9.92. The average molecular weight is 138 g/mol. The zero-order valence-electron chi connectivity index (χ0n) is 7.30. The van der Waals surface area contributed by atoms with Gasteiger partial charge in [-0.25, -0.2) is 0 Å². The van der Waals surface area contributed by atoms with E-state index in [9.17, 15) is 0 Å². The van der Waals surface area contributed by atoms with E-state index in [2.05, 4.69) is 20.8 Å². The Morgan fingerprint density at radius 3 is 2.20 bits per heavy atom. The summed E-state index contributed by atoms with van der Waals surface area (Å²) in [5.41, 5.74) is 0. The third kappa shape index (κ3) is 0.741. The van der Waals surface area contributed by atoms with Gasteiger partial charge in [0.15, 0.2) is 0 Å². The zero-order chi connectivity index (χ0) is 7.30. The van der Waals surface area contributed by atoms with E-state index in [-0.39, 0.29) is 0 Å². The molecule has 58 valence electrons. The van der Waals surface area contributed by atoms with E-state index >= 15 is 0 Å². The normalized spacial score (nSPS) is 49.2. The molecule has 10 heavy (non-hydrogen) atoms. The van der Waals surface area contributed by atoms with Crippen LogP contribution in [-0.2, 0) is 0 Å². The topological polar surface area (TPSA) is 0 Å². The number of hydrogen-bond donors (Lipinski definition) is 0. The van der Waals surface area contributed by atoms with Crippen molar-refractivity contribution >= 4 is 0 Å². The molecule has 2 fully saturated rings. The molecule has 0 bridgehead atoms. The molecule has 0 heteroatoms. The second kappa shape index (κ2) is 1.99. The third-order valence-corrected chi connectivity index (χ3v) is 3.43. The van der Waals surface area contributed by atoms with Crippen LogP contribution in [0.2, 0.25) is 0 Å². The van der Waals surface area contributed by atoms with Crippen molar-refractivity contribution in [3.8, 4) is 0 Å². The standard InChI is InChI=1S/C10H18/c1-4-5-7-9-8(6(2)3)10(7)9/h6-10H,4-5H2,1-3H3. The maximum Gasteiger partial charge on any atom is -0.0315 e. The first-order valence-corrected chi connectivity index (χ1v) is 4.77. The molecule has 0 aliphatic heterocycles. The largest absolute Gasteiger partial charge is 0.0654 e. The number of hydrogen-bond acceptors (Lipinski definition) is 0. The lowest BCUT2D eigenvalue weighted by Gasteiger charge is -2.13. The lowest BCUT2D eigenvalue weighted by Crippen LogP contribution is -2.06. The van der Waals surface area contributed by atoms with E-state index < -0.39 is 0 Å². The fraction of sp³-hybridized carbons (Fsp3) is 1.00. The molecule has 2 rings (SSSR count). The molecule has 2 unspecified atom stereocenters. The van der Waals surface area contributed by atoms with Gasteiger partial charge in [0, 0.05) is 0 Å².